The molecule has 0 bridgehead atoms. The molecule has 144 valence electrons. The number of H-pyrrole nitrogens is 1. The molecule has 1 aromatic carbocycles. The second-order valence-electron chi connectivity index (χ2n) is 6.51. The zero-order valence-electron chi connectivity index (χ0n) is 14.9. The Balaban J connectivity index is 1.89. The van der Waals surface area contributed by atoms with E-state index in [9.17, 15) is 24.3 Å². The molecule has 1 saturated heterocycles. The van der Waals surface area contributed by atoms with Crippen molar-refractivity contribution in [1.82, 2.24) is 14.9 Å². The van der Waals surface area contributed by atoms with Crippen LogP contribution in [0.4, 0.5) is 0 Å². The fourth-order valence-corrected chi connectivity index (χ4v) is 3.32. The molecule has 0 radical (unpaired) electrons. The second kappa shape index (κ2) is 7.75. The van der Waals surface area contributed by atoms with Crippen LogP contribution in [-0.2, 0) is 16.1 Å². The molecule has 2 heterocycles. The SMILES string of the molecule is CCn1c(=O)[nH]c2cc(C(=O)N[C@@H](C(=O)O)[C@@H]3CCCOC3)ccc2c1=O. The number of carboxylic acids is 1. The topological polar surface area (TPSA) is 130 Å². The number of aliphatic carboxylic acids is 1. The van der Waals surface area contributed by atoms with E-state index in [4.69, 9.17) is 4.74 Å². The lowest BCUT2D eigenvalue weighted by atomic mass is 9.93. The van der Waals surface area contributed by atoms with Crippen LogP contribution in [0.3, 0.4) is 0 Å². The summed E-state index contributed by atoms with van der Waals surface area (Å²) >= 11 is 0. The van der Waals surface area contributed by atoms with Crippen molar-refractivity contribution in [3.63, 3.8) is 0 Å². The fourth-order valence-electron chi connectivity index (χ4n) is 3.32. The van der Waals surface area contributed by atoms with Crippen molar-refractivity contribution in [3.8, 4) is 0 Å². The third-order valence-corrected chi connectivity index (χ3v) is 4.78. The van der Waals surface area contributed by atoms with Crippen molar-refractivity contribution < 1.29 is 19.4 Å². The average molecular weight is 375 g/mol. The highest BCUT2D eigenvalue weighted by Crippen LogP contribution is 2.18. The van der Waals surface area contributed by atoms with Gasteiger partial charge >= 0.3 is 11.7 Å². The first-order chi connectivity index (χ1) is 12.9. The molecular formula is C18H21N3O6. The molecule has 1 aliphatic rings. The molecule has 1 aliphatic heterocycles. The summed E-state index contributed by atoms with van der Waals surface area (Å²) in [6.07, 6.45) is 1.39. The number of amides is 1. The number of carbonyl (C=O) groups excluding carboxylic acids is 1. The van der Waals surface area contributed by atoms with Gasteiger partial charge in [-0.25, -0.2) is 9.59 Å². The zero-order valence-corrected chi connectivity index (χ0v) is 14.9. The minimum atomic E-state index is -1.13. The van der Waals surface area contributed by atoms with Crippen molar-refractivity contribution in [3.05, 3.63) is 44.6 Å². The Labute approximate surface area is 154 Å². The van der Waals surface area contributed by atoms with Crippen LogP contribution >= 0.6 is 0 Å². The molecule has 27 heavy (non-hydrogen) atoms. The predicted octanol–water partition coefficient (Wildman–Crippen LogP) is 0.319. The molecular weight excluding hydrogens is 354 g/mol. The van der Waals surface area contributed by atoms with E-state index in [2.05, 4.69) is 10.3 Å². The van der Waals surface area contributed by atoms with Gasteiger partial charge in [-0.1, -0.05) is 0 Å². The quantitative estimate of drug-likeness (QED) is 0.690. The molecule has 1 aromatic heterocycles. The Hall–Kier alpha value is -2.94. The van der Waals surface area contributed by atoms with Gasteiger partial charge in [0, 0.05) is 24.6 Å². The number of carboxylic acid groups (broad SMARTS) is 1. The van der Waals surface area contributed by atoms with Crippen molar-refractivity contribution in [2.45, 2.75) is 32.4 Å². The van der Waals surface area contributed by atoms with Gasteiger partial charge in [0.05, 0.1) is 17.5 Å². The average Bonchev–Trinajstić information content (AvgIpc) is 2.66. The molecule has 9 heteroatoms. The maximum Gasteiger partial charge on any atom is 0.328 e. The number of carbonyl (C=O) groups is 2. The Kier molecular flexibility index (Phi) is 5.41. The molecule has 0 spiro atoms. The van der Waals surface area contributed by atoms with E-state index >= 15 is 0 Å². The molecule has 0 saturated carbocycles. The molecule has 0 aliphatic carbocycles. The van der Waals surface area contributed by atoms with Crippen LogP contribution < -0.4 is 16.6 Å². The highest BCUT2D eigenvalue weighted by Gasteiger charge is 2.31. The van der Waals surface area contributed by atoms with Crippen LogP contribution in [0.15, 0.2) is 27.8 Å². The van der Waals surface area contributed by atoms with Crippen LogP contribution in [0.2, 0.25) is 0 Å². The Morgan fingerprint density at radius 3 is 2.81 bits per heavy atom. The monoisotopic (exact) mass is 375 g/mol. The van der Waals surface area contributed by atoms with Crippen LogP contribution in [0.25, 0.3) is 10.9 Å². The van der Waals surface area contributed by atoms with Gasteiger partial charge in [-0.05, 0) is 38.0 Å². The third kappa shape index (κ3) is 3.77. The largest absolute Gasteiger partial charge is 0.480 e. The summed E-state index contributed by atoms with van der Waals surface area (Å²) in [6, 6.07) is 3.20. The van der Waals surface area contributed by atoms with Crippen molar-refractivity contribution in [2.75, 3.05) is 13.2 Å². The van der Waals surface area contributed by atoms with Crippen molar-refractivity contribution >= 4 is 22.8 Å². The summed E-state index contributed by atoms with van der Waals surface area (Å²) in [6.45, 7) is 2.78. The number of nitrogens with zero attached hydrogens (tertiary/aromatic N) is 1. The number of ether oxygens (including phenoxy) is 1. The fraction of sp³-hybridized carbons (Fsp3) is 0.444. The maximum absolute atomic E-state index is 12.5. The van der Waals surface area contributed by atoms with E-state index in [1.165, 1.54) is 18.2 Å². The number of aromatic amines is 1. The lowest BCUT2D eigenvalue weighted by Crippen LogP contribution is -2.48. The molecule has 3 rings (SSSR count). The summed E-state index contributed by atoms with van der Waals surface area (Å²) in [5.41, 5.74) is -0.605. The van der Waals surface area contributed by atoms with Gasteiger partial charge in [-0.2, -0.15) is 0 Å². The van der Waals surface area contributed by atoms with Crippen LogP contribution in [0.1, 0.15) is 30.1 Å². The number of nitrogens with one attached hydrogen (secondary N) is 2. The highest BCUT2D eigenvalue weighted by molar-refractivity contribution is 5.99. The first-order valence-electron chi connectivity index (χ1n) is 8.80. The Bertz CT molecular complexity index is 987. The van der Waals surface area contributed by atoms with Gasteiger partial charge in [-0.15, -0.1) is 0 Å². The van der Waals surface area contributed by atoms with Crippen LogP contribution in [-0.4, -0.2) is 45.8 Å². The lowest BCUT2D eigenvalue weighted by Gasteiger charge is -2.28. The first-order valence-corrected chi connectivity index (χ1v) is 8.80. The van der Waals surface area contributed by atoms with Gasteiger partial charge in [0.15, 0.2) is 0 Å². The van der Waals surface area contributed by atoms with Gasteiger partial charge in [0.1, 0.15) is 6.04 Å². The standard InChI is InChI=1S/C18H21N3O6/c1-2-21-16(23)12-6-5-10(8-13(12)19-18(21)26)15(22)20-14(17(24)25)11-4-3-7-27-9-11/h5-6,8,11,14H,2-4,7,9H2,1H3,(H,19,26)(H,20,22)(H,24,25)/t11-,14-/m1/s1. The normalized spacial score (nSPS) is 18.2. The Morgan fingerprint density at radius 2 is 2.19 bits per heavy atom. The molecule has 1 amide bonds. The van der Waals surface area contributed by atoms with E-state index < -0.39 is 29.2 Å². The molecule has 2 aromatic rings. The van der Waals surface area contributed by atoms with Crippen LogP contribution in [0, 0.1) is 5.92 Å². The van der Waals surface area contributed by atoms with E-state index in [1.54, 1.807) is 6.92 Å². The summed E-state index contributed by atoms with van der Waals surface area (Å²) < 4.78 is 6.38. The summed E-state index contributed by atoms with van der Waals surface area (Å²) in [5, 5.41) is 12.3. The number of aromatic nitrogens is 2. The van der Waals surface area contributed by atoms with Crippen molar-refractivity contribution in [2.24, 2.45) is 5.92 Å². The first kappa shape index (κ1) is 18.8. The van der Waals surface area contributed by atoms with Gasteiger partial charge in [-0.3, -0.25) is 14.2 Å². The lowest BCUT2D eigenvalue weighted by molar-refractivity contribution is -0.142. The number of hydrogen-bond donors (Lipinski definition) is 3. The summed E-state index contributed by atoms with van der Waals surface area (Å²) in [4.78, 5) is 50.9. The number of benzene rings is 1. The molecule has 2 atom stereocenters. The van der Waals surface area contributed by atoms with E-state index in [-0.39, 0.29) is 35.5 Å². The van der Waals surface area contributed by atoms with Crippen LogP contribution in [0.5, 0.6) is 0 Å². The molecule has 9 nitrogen and oxygen atoms in total. The van der Waals surface area contributed by atoms with Gasteiger partial charge in [0.25, 0.3) is 11.5 Å². The summed E-state index contributed by atoms with van der Waals surface area (Å²) in [5.74, 6) is -2.02. The summed E-state index contributed by atoms with van der Waals surface area (Å²) in [7, 11) is 0. The smallest absolute Gasteiger partial charge is 0.328 e. The van der Waals surface area contributed by atoms with E-state index in [0.717, 1.165) is 11.0 Å². The van der Waals surface area contributed by atoms with Gasteiger partial charge in [0.2, 0.25) is 0 Å². The highest BCUT2D eigenvalue weighted by atomic mass is 16.5. The molecule has 0 unspecified atom stereocenters. The van der Waals surface area contributed by atoms with Crippen molar-refractivity contribution in [1.29, 1.82) is 0 Å². The molecule has 1 fully saturated rings. The Morgan fingerprint density at radius 1 is 1.41 bits per heavy atom. The van der Waals surface area contributed by atoms with Gasteiger partial charge < -0.3 is 20.1 Å². The number of rotatable bonds is 5. The maximum atomic E-state index is 12.5. The second-order valence-corrected chi connectivity index (χ2v) is 6.51. The van der Waals surface area contributed by atoms with E-state index in [0.29, 0.717) is 13.0 Å². The third-order valence-electron chi connectivity index (χ3n) is 4.78. The minimum Gasteiger partial charge on any atom is -0.480 e. The minimum absolute atomic E-state index is 0.162. The number of hydrogen-bond acceptors (Lipinski definition) is 5. The zero-order chi connectivity index (χ0) is 19.6. The van der Waals surface area contributed by atoms with E-state index in [1.807, 2.05) is 0 Å². The molecule has 3 N–H and O–H groups in total. The predicted molar refractivity (Wildman–Crippen MR) is 96.9 cm³/mol. The number of fused-ring (bicyclic) bond motifs is 1.